The molecular weight excluding hydrogens is 242 g/mol. The molecule has 19 heavy (non-hydrogen) atoms. The fourth-order valence-electron chi connectivity index (χ4n) is 2.37. The summed E-state index contributed by atoms with van der Waals surface area (Å²) in [5.74, 6) is 0.834. The van der Waals surface area contributed by atoms with E-state index >= 15 is 0 Å². The molecule has 0 unspecified atom stereocenters. The third-order valence-electron chi connectivity index (χ3n) is 3.58. The summed E-state index contributed by atoms with van der Waals surface area (Å²) < 4.78 is 5.37. The van der Waals surface area contributed by atoms with Gasteiger partial charge in [-0.25, -0.2) is 0 Å². The summed E-state index contributed by atoms with van der Waals surface area (Å²) in [5.41, 5.74) is 7.41. The number of hydrogen-bond donors (Lipinski definition) is 2. The summed E-state index contributed by atoms with van der Waals surface area (Å²) in [6.07, 6.45) is 2.26. The molecule has 0 spiro atoms. The fraction of sp³-hybridized carbons (Fsp3) is 0.500. The number of hydrogen-bond acceptors (Lipinski definition) is 4. The average molecular weight is 263 g/mol. The van der Waals surface area contributed by atoms with Crippen LogP contribution in [0.3, 0.4) is 0 Å². The summed E-state index contributed by atoms with van der Waals surface area (Å²) in [7, 11) is 2.09. The van der Waals surface area contributed by atoms with Crippen LogP contribution < -0.4 is 10.6 Å². The molecule has 1 aliphatic heterocycles. The zero-order valence-corrected chi connectivity index (χ0v) is 11.2. The van der Waals surface area contributed by atoms with Crippen molar-refractivity contribution >= 4 is 11.5 Å². The number of anilines is 1. The van der Waals surface area contributed by atoms with E-state index in [4.69, 9.17) is 15.7 Å². The van der Waals surface area contributed by atoms with Crippen LogP contribution in [0.15, 0.2) is 29.4 Å². The second kappa shape index (κ2) is 6.43. The number of ether oxygens (including phenoxy) is 1. The maximum absolute atomic E-state index is 8.62. The van der Waals surface area contributed by atoms with Crippen molar-refractivity contribution < 1.29 is 9.94 Å². The molecule has 5 nitrogen and oxygen atoms in total. The van der Waals surface area contributed by atoms with Crippen molar-refractivity contribution in [1.29, 1.82) is 0 Å². The van der Waals surface area contributed by atoms with Crippen LogP contribution in [0.2, 0.25) is 0 Å². The SMILES string of the molecule is CN(CC1CCOCC1)c1ccc(C(N)=NO)cc1. The molecule has 0 aliphatic carbocycles. The third-order valence-corrected chi connectivity index (χ3v) is 3.58. The highest BCUT2D eigenvalue weighted by Gasteiger charge is 2.16. The van der Waals surface area contributed by atoms with Gasteiger partial charge in [0.1, 0.15) is 0 Å². The quantitative estimate of drug-likeness (QED) is 0.375. The monoisotopic (exact) mass is 263 g/mol. The van der Waals surface area contributed by atoms with E-state index in [1.54, 1.807) is 0 Å². The molecule has 0 amide bonds. The third kappa shape index (κ3) is 3.61. The van der Waals surface area contributed by atoms with Gasteiger partial charge >= 0.3 is 0 Å². The van der Waals surface area contributed by atoms with Gasteiger partial charge in [0, 0.05) is 38.1 Å². The van der Waals surface area contributed by atoms with E-state index in [-0.39, 0.29) is 5.84 Å². The molecule has 5 heteroatoms. The number of rotatable bonds is 4. The van der Waals surface area contributed by atoms with Gasteiger partial charge in [0.2, 0.25) is 0 Å². The zero-order chi connectivity index (χ0) is 13.7. The molecule has 0 aromatic heterocycles. The van der Waals surface area contributed by atoms with E-state index in [1.165, 1.54) is 0 Å². The van der Waals surface area contributed by atoms with Crippen molar-refractivity contribution in [3.05, 3.63) is 29.8 Å². The van der Waals surface area contributed by atoms with Crippen molar-refractivity contribution in [1.82, 2.24) is 0 Å². The summed E-state index contributed by atoms with van der Waals surface area (Å²) in [6.45, 7) is 2.79. The van der Waals surface area contributed by atoms with Crippen LogP contribution in [0.4, 0.5) is 5.69 Å². The predicted molar refractivity (Wildman–Crippen MR) is 75.8 cm³/mol. The van der Waals surface area contributed by atoms with Gasteiger partial charge in [-0.05, 0) is 43.0 Å². The minimum Gasteiger partial charge on any atom is -0.409 e. The van der Waals surface area contributed by atoms with E-state index in [0.717, 1.165) is 43.9 Å². The maximum Gasteiger partial charge on any atom is 0.170 e. The topological polar surface area (TPSA) is 71.1 Å². The van der Waals surface area contributed by atoms with E-state index in [9.17, 15) is 0 Å². The number of nitrogens with two attached hydrogens (primary N) is 1. The molecule has 0 saturated carbocycles. The highest BCUT2D eigenvalue weighted by atomic mass is 16.5. The van der Waals surface area contributed by atoms with Crippen LogP contribution in [0.1, 0.15) is 18.4 Å². The van der Waals surface area contributed by atoms with Gasteiger partial charge in [0.15, 0.2) is 5.84 Å². The molecule has 1 fully saturated rings. The molecule has 1 heterocycles. The lowest BCUT2D eigenvalue weighted by atomic mass is 9.99. The Bertz CT molecular complexity index is 425. The highest BCUT2D eigenvalue weighted by molar-refractivity contribution is 5.97. The first-order chi connectivity index (χ1) is 9.20. The van der Waals surface area contributed by atoms with E-state index in [2.05, 4.69) is 17.1 Å². The van der Waals surface area contributed by atoms with Gasteiger partial charge in [-0.15, -0.1) is 0 Å². The Morgan fingerprint density at radius 3 is 2.58 bits per heavy atom. The summed E-state index contributed by atoms with van der Waals surface area (Å²) in [4.78, 5) is 2.24. The number of nitrogens with zero attached hydrogens (tertiary/aromatic N) is 2. The highest BCUT2D eigenvalue weighted by Crippen LogP contribution is 2.20. The Kier molecular flexibility index (Phi) is 4.63. The summed E-state index contributed by atoms with van der Waals surface area (Å²) >= 11 is 0. The molecule has 0 radical (unpaired) electrons. The molecular formula is C14H21N3O2. The lowest BCUT2D eigenvalue weighted by molar-refractivity contribution is 0.0685. The van der Waals surface area contributed by atoms with Crippen molar-refractivity contribution in [2.75, 3.05) is 31.7 Å². The lowest BCUT2D eigenvalue weighted by Crippen LogP contribution is -2.29. The number of oxime groups is 1. The lowest BCUT2D eigenvalue weighted by Gasteiger charge is -2.28. The average Bonchev–Trinajstić information content (AvgIpc) is 2.47. The second-order valence-corrected chi connectivity index (χ2v) is 4.97. The van der Waals surface area contributed by atoms with E-state index in [0.29, 0.717) is 5.92 Å². The Morgan fingerprint density at radius 2 is 2.00 bits per heavy atom. The van der Waals surface area contributed by atoms with Gasteiger partial charge in [-0.3, -0.25) is 0 Å². The number of benzene rings is 1. The molecule has 2 rings (SSSR count). The molecule has 1 aliphatic rings. The van der Waals surface area contributed by atoms with Crippen LogP contribution in [-0.2, 0) is 4.74 Å². The van der Waals surface area contributed by atoms with Gasteiger partial charge in [0.05, 0.1) is 0 Å². The first kappa shape index (κ1) is 13.7. The summed E-state index contributed by atoms with van der Waals surface area (Å²) in [5, 5.41) is 11.6. The molecule has 0 bridgehead atoms. The molecule has 3 N–H and O–H groups in total. The normalized spacial score (nSPS) is 17.4. The van der Waals surface area contributed by atoms with Gasteiger partial charge < -0.3 is 20.6 Å². The Morgan fingerprint density at radius 1 is 1.37 bits per heavy atom. The zero-order valence-electron chi connectivity index (χ0n) is 11.2. The predicted octanol–water partition coefficient (Wildman–Crippen LogP) is 1.64. The van der Waals surface area contributed by atoms with E-state index in [1.807, 2.05) is 24.3 Å². The van der Waals surface area contributed by atoms with Gasteiger partial charge in [0.25, 0.3) is 0 Å². The first-order valence-corrected chi connectivity index (χ1v) is 6.57. The fourth-order valence-corrected chi connectivity index (χ4v) is 2.37. The van der Waals surface area contributed by atoms with Gasteiger partial charge in [-0.1, -0.05) is 5.16 Å². The van der Waals surface area contributed by atoms with Crippen molar-refractivity contribution in [2.24, 2.45) is 16.8 Å². The smallest absolute Gasteiger partial charge is 0.170 e. The molecule has 1 aromatic carbocycles. The van der Waals surface area contributed by atoms with Crippen LogP contribution in [0.25, 0.3) is 0 Å². The van der Waals surface area contributed by atoms with Crippen molar-refractivity contribution in [2.45, 2.75) is 12.8 Å². The van der Waals surface area contributed by atoms with Crippen LogP contribution in [0.5, 0.6) is 0 Å². The minimum atomic E-state index is 0.138. The van der Waals surface area contributed by atoms with Crippen LogP contribution >= 0.6 is 0 Å². The Labute approximate surface area is 113 Å². The maximum atomic E-state index is 8.62. The van der Waals surface area contributed by atoms with Crippen LogP contribution in [-0.4, -0.2) is 37.8 Å². The standard InChI is InChI=1S/C14H21N3O2/c1-17(10-11-6-8-19-9-7-11)13-4-2-12(3-5-13)14(15)16-18/h2-5,11,18H,6-10H2,1H3,(H2,15,16). The molecule has 104 valence electrons. The minimum absolute atomic E-state index is 0.138. The van der Waals surface area contributed by atoms with Gasteiger partial charge in [-0.2, -0.15) is 0 Å². The number of amidine groups is 1. The molecule has 1 aromatic rings. The van der Waals surface area contributed by atoms with Crippen molar-refractivity contribution in [3.8, 4) is 0 Å². The van der Waals surface area contributed by atoms with E-state index < -0.39 is 0 Å². The second-order valence-electron chi connectivity index (χ2n) is 4.97. The molecule has 0 atom stereocenters. The Balaban J connectivity index is 1.96. The first-order valence-electron chi connectivity index (χ1n) is 6.57. The molecule has 1 saturated heterocycles. The van der Waals surface area contributed by atoms with Crippen molar-refractivity contribution in [3.63, 3.8) is 0 Å². The Hall–Kier alpha value is -1.75. The summed E-state index contributed by atoms with van der Waals surface area (Å²) in [6, 6.07) is 7.72. The van der Waals surface area contributed by atoms with Crippen LogP contribution in [0, 0.1) is 5.92 Å². The largest absolute Gasteiger partial charge is 0.409 e.